The summed E-state index contributed by atoms with van der Waals surface area (Å²) in [6.45, 7) is 0. The number of hydrogen-bond donors (Lipinski definition) is 1. The molecule has 4 aromatic carbocycles. The van der Waals surface area contributed by atoms with E-state index in [0.717, 1.165) is 0 Å². The second-order valence-electron chi connectivity index (χ2n) is 7.11. The maximum Gasteiger partial charge on any atom is 0.0457 e. The number of para-hydroxylation sites is 1. The third-order valence-electron chi connectivity index (χ3n) is 5.41. The van der Waals surface area contributed by atoms with Crippen LogP contribution in [0.1, 0.15) is 22.6 Å². The van der Waals surface area contributed by atoms with E-state index in [4.69, 9.17) is 0 Å². The summed E-state index contributed by atoms with van der Waals surface area (Å²) in [5, 5.41) is 3.83. The molecule has 0 aliphatic heterocycles. The zero-order valence-corrected chi connectivity index (χ0v) is 15.5. The molecule has 5 rings (SSSR count). The van der Waals surface area contributed by atoms with Crippen molar-refractivity contribution in [2.75, 3.05) is 0 Å². The number of rotatable bonds is 4. The van der Waals surface area contributed by atoms with Gasteiger partial charge in [0, 0.05) is 23.0 Å². The molecule has 5 aromatic rings. The van der Waals surface area contributed by atoms with E-state index in [1.165, 1.54) is 38.4 Å². The van der Waals surface area contributed by atoms with Crippen molar-refractivity contribution in [1.82, 2.24) is 4.98 Å². The van der Waals surface area contributed by atoms with Crippen molar-refractivity contribution in [3.05, 3.63) is 126 Å². The van der Waals surface area contributed by atoms with Gasteiger partial charge in [0.25, 0.3) is 0 Å². The van der Waals surface area contributed by atoms with Crippen molar-refractivity contribution in [2.45, 2.75) is 5.92 Å². The highest BCUT2D eigenvalue weighted by molar-refractivity contribution is 5.91. The molecule has 1 atom stereocenters. The number of nitrogens with one attached hydrogen (secondary N) is 1. The van der Waals surface area contributed by atoms with Crippen molar-refractivity contribution >= 4 is 27.8 Å². The summed E-state index contributed by atoms with van der Waals surface area (Å²) in [7, 11) is 0. The molecule has 1 heterocycles. The summed E-state index contributed by atoms with van der Waals surface area (Å²) < 4.78 is 0. The number of allylic oxidation sites excluding steroid dienone is 1. The molecular formula is C27H21N. The zero-order valence-electron chi connectivity index (χ0n) is 15.5. The second-order valence-corrected chi connectivity index (χ2v) is 7.11. The highest BCUT2D eigenvalue weighted by Crippen LogP contribution is 2.33. The van der Waals surface area contributed by atoms with Gasteiger partial charge in [0.15, 0.2) is 0 Å². The first-order valence-corrected chi connectivity index (χ1v) is 9.67. The minimum absolute atomic E-state index is 0.191. The normalized spacial score (nSPS) is 12.7. The average Bonchev–Trinajstić information content (AvgIpc) is 3.19. The van der Waals surface area contributed by atoms with Crippen molar-refractivity contribution < 1.29 is 0 Å². The lowest BCUT2D eigenvalue weighted by atomic mass is 9.90. The van der Waals surface area contributed by atoms with Gasteiger partial charge < -0.3 is 4.98 Å². The number of benzene rings is 4. The Hall–Kier alpha value is -3.58. The standard InChI is InChI=1S/C27H21N/c1-2-9-21(10-3-1)24(26-19-28-27-16-7-6-15-25(26)27)18-17-22-13-8-12-20-11-4-5-14-23(20)22/h1-19,24,28H/b18-17+. The Morgan fingerprint density at radius 2 is 1.36 bits per heavy atom. The minimum atomic E-state index is 0.191. The summed E-state index contributed by atoms with van der Waals surface area (Å²) in [5.74, 6) is 0.191. The van der Waals surface area contributed by atoms with E-state index in [1.54, 1.807) is 0 Å². The van der Waals surface area contributed by atoms with Crippen LogP contribution in [-0.4, -0.2) is 4.98 Å². The van der Waals surface area contributed by atoms with Crippen LogP contribution in [0, 0.1) is 0 Å². The summed E-state index contributed by atoms with van der Waals surface area (Å²) >= 11 is 0. The largest absolute Gasteiger partial charge is 0.361 e. The molecule has 134 valence electrons. The second kappa shape index (κ2) is 7.21. The van der Waals surface area contributed by atoms with Gasteiger partial charge in [0.2, 0.25) is 0 Å². The molecule has 1 nitrogen and oxygen atoms in total. The molecule has 28 heavy (non-hydrogen) atoms. The third-order valence-corrected chi connectivity index (χ3v) is 5.41. The SMILES string of the molecule is C(=C\C(c1ccccc1)c1c[nH]c2ccccc12)/c1cccc2ccccc12. The van der Waals surface area contributed by atoms with Crippen LogP contribution in [0.2, 0.25) is 0 Å². The molecule has 0 saturated carbocycles. The molecule has 0 aliphatic rings. The monoisotopic (exact) mass is 359 g/mol. The van der Waals surface area contributed by atoms with E-state index in [1.807, 2.05) is 0 Å². The van der Waals surface area contributed by atoms with Crippen molar-refractivity contribution in [2.24, 2.45) is 0 Å². The van der Waals surface area contributed by atoms with Crippen LogP contribution in [-0.2, 0) is 0 Å². The van der Waals surface area contributed by atoms with E-state index < -0.39 is 0 Å². The Morgan fingerprint density at radius 3 is 2.25 bits per heavy atom. The van der Waals surface area contributed by atoms with Crippen molar-refractivity contribution in [3.8, 4) is 0 Å². The molecule has 0 amide bonds. The Balaban J connectivity index is 1.64. The topological polar surface area (TPSA) is 15.8 Å². The predicted octanol–water partition coefficient (Wildman–Crippen LogP) is 7.17. The van der Waals surface area contributed by atoms with Gasteiger partial charge in [-0.25, -0.2) is 0 Å². The first-order valence-electron chi connectivity index (χ1n) is 9.67. The van der Waals surface area contributed by atoms with E-state index in [-0.39, 0.29) is 5.92 Å². The number of hydrogen-bond acceptors (Lipinski definition) is 0. The zero-order chi connectivity index (χ0) is 18.8. The van der Waals surface area contributed by atoms with Gasteiger partial charge >= 0.3 is 0 Å². The molecule has 0 aliphatic carbocycles. The summed E-state index contributed by atoms with van der Waals surface area (Å²) in [6, 6.07) is 34.3. The summed E-state index contributed by atoms with van der Waals surface area (Å²) in [6.07, 6.45) is 6.74. The number of aromatic amines is 1. The first kappa shape index (κ1) is 16.6. The molecule has 0 bridgehead atoms. The highest BCUT2D eigenvalue weighted by atomic mass is 14.7. The van der Waals surface area contributed by atoms with Crippen LogP contribution in [0.5, 0.6) is 0 Å². The third kappa shape index (κ3) is 3.01. The fourth-order valence-corrected chi connectivity index (χ4v) is 4.00. The van der Waals surface area contributed by atoms with Crippen LogP contribution in [0.4, 0.5) is 0 Å². The Bertz CT molecular complexity index is 1260. The van der Waals surface area contributed by atoms with Crippen LogP contribution >= 0.6 is 0 Å². The molecule has 1 N–H and O–H groups in total. The Labute approximate surface area is 165 Å². The van der Waals surface area contributed by atoms with Crippen LogP contribution in [0.15, 0.2) is 109 Å². The Morgan fingerprint density at radius 1 is 0.643 bits per heavy atom. The molecule has 0 fully saturated rings. The predicted molar refractivity (Wildman–Crippen MR) is 120 cm³/mol. The average molecular weight is 359 g/mol. The lowest BCUT2D eigenvalue weighted by Gasteiger charge is -2.13. The lowest BCUT2D eigenvalue weighted by Crippen LogP contribution is -1.96. The summed E-state index contributed by atoms with van der Waals surface area (Å²) in [5.41, 5.74) is 5.03. The quantitative estimate of drug-likeness (QED) is 0.350. The van der Waals surface area contributed by atoms with Gasteiger partial charge in [-0.15, -0.1) is 0 Å². The van der Waals surface area contributed by atoms with Crippen LogP contribution < -0.4 is 0 Å². The number of aromatic nitrogens is 1. The molecule has 0 spiro atoms. The van der Waals surface area contributed by atoms with Gasteiger partial charge in [-0.05, 0) is 33.5 Å². The van der Waals surface area contributed by atoms with E-state index in [0.29, 0.717) is 0 Å². The maximum absolute atomic E-state index is 3.43. The molecule has 0 saturated heterocycles. The van der Waals surface area contributed by atoms with Gasteiger partial charge in [-0.1, -0.05) is 103 Å². The summed E-state index contributed by atoms with van der Waals surface area (Å²) in [4.78, 5) is 3.43. The molecule has 0 radical (unpaired) electrons. The smallest absolute Gasteiger partial charge is 0.0457 e. The number of H-pyrrole nitrogens is 1. The fourth-order valence-electron chi connectivity index (χ4n) is 4.00. The highest BCUT2D eigenvalue weighted by Gasteiger charge is 2.15. The van der Waals surface area contributed by atoms with Crippen molar-refractivity contribution in [1.29, 1.82) is 0 Å². The fraction of sp³-hybridized carbons (Fsp3) is 0.0370. The van der Waals surface area contributed by atoms with Crippen LogP contribution in [0.3, 0.4) is 0 Å². The minimum Gasteiger partial charge on any atom is -0.361 e. The maximum atomic E-state index is 3.43. The van der Waals surface area contributed by atoms with Gasteiger partial charge in [0.05, 0.1) is 0 Å². The Kier molecular flexibility index (Phi) is 4.27. The van der Waals surface area contributed by atoms with E-state index in [9.17, 15) is 0 Å². The first-order chi connectivity index (χ1) is 13.9. The van der Waals surface area contributed by atoms with Gasteiger partial charge in [0.1, 0.15) is 0 Å². The number of fused-ring (bicyclic) bond motifs is 2. The van der Waals surface area contributed by atoms with E-state index >= 15 is 0 Å². The lowest BCUT2D eigenvalue weighted by molar-refractivity contribution is 1.04. The molecule has 1 heteroatoms. The van der Waals surface area contributed by atoms with E-state index in [2.05, 4.69) is 120 Å². The van der Waals surface area contributed by atoms with Crippen molar-refractivity contribution in [3.63, 3.8) is 0 Å². The molecular weight excluding hydrogens is 338 g/mol. The van der Waals surface area contributed by atoms with Crippen LogP contribution in [0.25, 0.3) is 27.8 Å². The van der Waals surface area contributed by atoms with Gasteiger partial charge in [-0.2, -0.15) is 0 Å². The molecule has 1 unspecified atom stereocenters. The van der Waals surface area contributed by atoms with Gasteiger partial charge in [-0.3, -0.25) is 0 Å². The molecule has 1 aromatic heterocycles.